The lowest BCUT2D eigenvalue weighted by Crippen LogP contribution is -2.48. The van der Waals surface area contributed by atoms with Crippen molar-refractivity contribution in [3.63, 3.8) is 0 Å². The largest absolute Gasteiger partial charge is 0.321 e. The van der Waals surface area contributed by atoms with Gasteiger partial charge in [0.15, 0.2) is 0 Å². The Hall–Kier alpha value is -0.530. The Morgan fingerprint density at radius 1 is 1.38 bits per heavy atom. The number of hydrogen-bond acceptors (Lipinski definition) is 1. The molecule has 2 rings (SSSR count). The molecule has 3 unspecified atom stereocenters. The number of benzene rings is 1. The molecule has 0 aliphatic heterocycles. The fourth-order valence-corrected chi connectivity index (χ4v) is 3.08. The minimum Gasteiger partial charge on any atom is -0.321 e. The Balaban J connectivity index is 2.36. The fourth-order valence-electron chi connectivity index (χ4n) is 2.89. The molecule has 2 heteroatoms. The van der Waals surface area contributed by atoms with Gasteiger partial charge in [0.2, 0.25) is 0 Å². The summed E-state index contributed by atoms with van der Waals surface area (Å²) in [6.45, 7) is 4.57. The van der Waals surface area contributed by atoms with E-state index in [4.69, 9.17) is 17.3 Å². The molecule has 1 aromatic carbocycles. The normalized spacial score (nSPS) is 35.0. The van der Waals surface area contributed by atoms with Gasteiger partial charge in [0, 0.05) is 10.6 Å². The van der Waals surface area contributed by atoms with Crippen LogP contribution in [0.25, 0.3) is 0 Å². The predicted octanol–water partition coefficient (Wildman–Crippen LogP) is 3.95. The fraction of sp³-hybridized carbons (Fsp3) is 0.571. The Morgan fingerprint density at radius 3 is 2.81 bits per heavy atom. The average Bonchev–Trinajstić information content (AvgIpc) is 2.26. The molecule has 0 bridgehead atoms. The lowest BCUT2D eigenvalue weighted by atomic mass is 9.66. The van der Waals surface area contributed by atoms with E-state index in [9.17, 15) is 0 Å². The van der Waals surface area contributed by atoms with E-state index in [0.29, 0.717) is 11.8 Å². The zero-order chi connectivity index (χ0) is 11.8. The maximum atomic E-state index is 6.62. The quantitative estimate of drug-likeness (QED) is 0.787. The second-order valence-electron chi connectivity index (χ2n) is 5.21. The van der Waals surface area contributed by atoms with Crippen LogP contribution in [0.3, 0.4) is 0 Å². The molecule has 0 spiro atoms. The highest BCUT2D eigenvalue weighted by Crippen LogP contribution is 2.42. The van der Waals surface area contributed by atoms with Gasteiger partial charge in [0.05, 0.1) is 0 Å². The van der Waals surface area contributed by atoms with Crippen molar-refractivity contribution in [1.82, 2.24) is 0 Å². The van der Waals surface area contributed by atoms with Crippen molar-refractivity contribution in [3.8, 4) is 0 Å². The van der Waals surface area contributed by atoms with Gasteiger partial charge in [0.25, 0.3) is 0 Å². The van der Waals surface area contributed by atoms with Crippen molar-refractivity contribution in [3.05, 3.63) is 34.9 Å². The minimum absolute atomic E-state index is 0.192. The Labute approximate surface area is 103 Å². The monoisotopic (exact) mass is 237 g/mol. The topological polar surface area (TPSA) is 26.0 Å². The first-order valence-corrected chi connectivity index (χ1v) is 6.47. The molecule has 0 heterocycles. The number of hydrogen-bond donors (Lipinski definition) is 1. The molecule has 1 aromatic rings. The van der Waals surface area contributed by atoms with Gasteiger partial charge in [-0.25, -0.2) is 0 Å². The molecule has 1 nitrogen and oxygen atoms in total. The molecule has 0 radical (unpaired) electrons. The molecule has 3 atom stereocenters. The minimum atomic E-state index is -0.192. The molecule has 2 N–H and O–H groups in total. The van der Waals surface area contributed by atoms with E-state index in [1.165, 1.54) is 18.4 Å². The van der Waals surface area contributed by atoms with Gasteiger partial charge in [-0.2, -0.15) is 0 Å². The average molecular weight is 238 g/mol. The van der Waals surface area contributed by atoms with Crippen LogP contribution in [-0.2, 0) is 5.54 Å². The van der Waals surface area contributed by atoms with Crippen molar-refractivity contribution < 1.29 is 0 Å². The van der Waals surface area contributed by atoms with Gasteiger partial charge in [-0.15, -0.1) is 0 Å². The summed E-state index contributed by atoms with van der Waals surface area (Å²) in [7, 11) is 0. The summed E-state index contributed by atoms with van der Waals surface area (Å²) < 4.78 is 0. The van der Waals surface area contributed by atoms with Crippen LogP contribution in [0.2, 0.25) is 5.02 Å². The van der Waals surface area contributed by atoms with Crippen LogP contribution >= 0.6 is 11.6 Å². The van der Waals surface area contributed by atoms with E-state index in [1.807, 2.05) is 18.2 Å². The van der Waals surface area contributed by atoms with Gasteiger partial charge < -0.3 is 5.73 Å². The lowest BCUT2D eigenvalue weighted by molar-refractivity contribution is 0.144. The Bertz CT molecular complexity index is 377. The number of halogens is 1. The molecule has 1 saturated carbocycles. The third kappa shape index (κ3) is 1.99. The van der Waals surface area contributed by atoms with Crippen LogP contribution in [0, 0.1) is 11.8 Å². The highest BCUT2D eigenvalue weighted by atomic mass is 35.5. The van der Waals surface area contributed by atoms with Crippen molar-refractivity contribution in [2.45, 2.75) is 38.6 Å². The second kappa shape index (κ2) is 4.38. The van der Waals surface area contributed by atoms with Crippen molar-refractivity contribution in [1.29, 1.82) is 0 Å². The molecular formula is C14H20ClN. The first kappa shape index (κ1) is 11.9. The van der Waals surface area contributed by atoms with Crippen LogP contribution in [0.5, 0.6) is 0 Å². The summed E-state index contributed by atoms with van der Waals surface area (Å²) in [4.78, 5) is 0. The lowest BCUT2D eigenvalue weighted by Gasteiger charge is -2.43. The van der Waals surface area contributed by atoms with E-state index in [2.05, 4.69) is 19.9 Å². The summed E-state index contributed by atoms with van der Waals surface area (Å²) in [6, 6.07) is 8.04. The van der Waals surface area contributed by atoms with Gasteiger partial charge in [-0.3, -0.25) is 0 Å². The Kier molecular flexibility index (Phi) is 3.27. The zero-order valence-electron chi connectivity index (χ0n) is 10.0. The summed E-state index contributed by atoms with van der Waals surface area (Å²) in [5, 5.41) is 0.785. The van der Waals surface area contributed by atoms with E-state index >= 15 is 0 Å². The van der Waals surface area contributed by atoms with Crippen LogP contribution in [0.1, 0.15) is 38.7 Å². The van der Waals surface area contributed by atoms with Crippen LogP contribution in [-0.4, -0.2) is 0 Å². The molecule has 1 fully saturated rings. The highest BCUT2D eigenvalue weighted by molar-refractivity contribution is 6.30. The third-order valence-corrected chi connectivity index (χ3v) is 4.51. The predicted molar refractivity (Wildman–Crippen MR) is 69.5 cm³/mol. The smallest absolute Gasteiger partial charge is 0.0438 e. The van der Waals surface area contributed by atoms with Crippen molar-refractivity contribution in [2.24, 2.45) is 17.6 Å². The number of nitrogens with two attached hydrogens (primary N) is 1. The molecule has 1 aliphatic rings. The van der Waals surface area contributed by atoms with Crippen molar-refractivity contribution in [2.75, 3.05) is 0 Å². The second-order valence-corrected chi connectivity index (χ2v) is 5.65. The van der Waals surface area contributed by atoms with Crippen LogP contribution in [0.15, 0.2) is 24.3 Å². The molecule has 0 aromatic heterocycles. The molecule has 0 amide bonds. The van der Waals surface area contributed by atoms with E-state index < -0.39 is 0 Å². The first-order valence-electron chi connectivity index (χ1n) is 6.09. The maximum absolute atomic E-state index is 6.62. The summed E-state index contributed by atoms with van der Waals surface area (Å²) in [5.41, 5.74) is 7.63. The van der Waals surface area contributed by atoms with Crippen molar-refractivity contribution >= 4 is 11.6 Å². The van der Waals surface area contributed by atoms with E-state index in [0.717, 1.165) is 11.4 Å². The first-order chi connectivity index (χ1) is 7.54. The van der Waals surface area contributed by atoms with Gasteiger partial charge in [-0.1, -0.05) is 50.4 Å². The van der Waals surface area contributed by atoms with Gasteiger partial charge in [0.1, 0.15) is 0 Å². The van der Waals surface area contributed by atoms with E-state index in [-0.39, 0.29) is 5.54 Å². The van der Waals surface area contributed by atoms with Gasteiger partial charge in [-0.05, 0) is 36.0 Å². The number of rotatable bonds is 1. The maximum Gasteiger partial charge on any atom is 0.0438 e. The van der Waals surface area contributed by atoms with Crippen LogP contribution in [0.4, 0.5) is 0 Å². The van der Waals surface area contributed by atoms with Gasteiger partial charge >= 0.3 is 0 Å². The molecule has 1 aliphatic carbocycles. The Morgan fingerprint density at radius 2 is 2.12 bits per heavy atom. The standard InChI is InChI=1S/C14H20ClN/c1-10-5-4-8-14(16,11(10)2)12-6-3-7-13(15)9-12/h3,6-7,9-11H,4-5,8,16H2,1-2H3. The third-order valence-electron chi connectivity index (χ3n) is 4.28. The summed E-state index contributed by atoms with van der Waals surface area (Å²) in [5.74, 6) is 1.21. The zero-order valence-corrected chi connectivity index (χ0v) is 10.8. The van der Waals surface area contributed by atoms with Crippen LogP contribution < -0.4 is 5.73 Å². The highest BCUT2D eigenvalue weighted by Gasteiger charge is 2.39. The molecule has 88 valence electrons. The molecular weight excluding hydrogens is 218 g/mol. The summed E-state index contributed by atoms with van der Waals surface area (Å²) in [6.07, 6.45) is 3.58. The molecule has 16 heavy (non-hydrogen) atoms. The summed E-state index contributed by atoms with van der Waals surface area (Å²) >= 11 is 6.05. The molecule has 0 saturated heterocycles. The SMILES string of the molecule is CC1CCCC(N)(c2cccc(Cl)c2)C1C. The van der Waals surface area contributed by atoms with E-state index in [1.54, 1.807) is 0 Å².